The van der Waals surface area contributed by atoms with Crippen LogP contribution in [0.1, 0.15) is 11.1 Å². The molecule has 0 aliphatic rings. The van der Waals surface area contributed by atoms with E-state index in [2.05, 4.69) is 9.72 Å². The van der Waals surface area contributed by atoms with Crippen LogP contribution in [0.25, 0.3) is 0 Å². The normalized spacial score (nSPS) is 12.2. The molecule has 6 nitrogen and oxygen atoms in total. The lowest BCUT2D eigenvalue weighted by molar-refractivity contribution is -0.381. The van der Waals surface area contributed by atoms with Crippen LogP contribution in [0.2, 0.25) is 4.47 Å². The van der Waals surface area contributed by atoms with Crippen molar-refractivity contribution in [2.75, 3.05) is 7.11 Å². The van der Waals surface area contributed by atoms with E-state index >= 15 is 0 Å². The largest absolute Gasteiger partial charge is 0.468 e. The summed E-state index contributed by atoms with van der Waals surface area (Å²) >= 11 is 11.8. The molecular weight excluding hydrogens is 267 g/mol. The minimum absolute atomic E-state index is 0.0498. The summed E-state index contributed by atoms with van der Waals surface area (Å²) in [5.41, 5.74) is -0.191. The predicted molar refractivity (Wildman–Crippen MR) is 54.4 cm³/mol. The summed E-state index contributed by atoms with van der Waals surface area (Å²) in [7, 11) is 1.12. The minimum atomic E-state index is -1.32. The van der Waals surface area contributed by atoms with Gasteiger partial charge in [-0.05, 0) is 11.3 Å². The van der Waals surface area contributed by atoms with Crippen molar-refractivity contribution in [3.63, 3.8) is 0 Å². The quantitative estimate of drug-likeness (QED) is 0.364. The minimum Gasteiger partial charge on any atom is -0.468 e. The number of thiazole rings is 1. The number of hydrogen-bond acceptors (Lipinski definition) is 6. The van der Waals surface area contributed by atoms with Crippen LogP contribution in [0, 0.1) is 10.1 Å². The average Bonchev–Trinajstić information content (AvgIpc) is 2.58. The zero-order valence-corrected chi connectivity index (χ0v) is 9.60. The van der Waals surface area contributed by atoms with Crippen LogP contribution in [0.3, 0.4) is 0 Å². The third-order valence-electron chi connectivity index (χ3n) is 1.42. The molecule has 1 aromatic rings. The second kappa shape index (κ2) is 4.73. The van der Waals surface area contributed by atoms with Gasteiger partial charge in [-0.2, -0.15) is 0 Å². The predicted octanol–water partition coefficient (Wildman–Crippen LogP) is 2.16. The third kappa shape index (κ3) is 2.55. The number of carbonyl (C=O) groups excluding carboxylic acids is 1. The van der Waals surface area contributed by atoms with Gasteiger partial charge in [-0.1, -0.05) is 11.6 Å². The first-order valence-corrected chi connectivity index (χ1v) is 5.13. The van der Waals surface area contributed by atoms with Gasteiger partial charge in [-0.3, -0.25) is 14.9 Å². The number of alkyl halides is 1. The number of hydrogen-bond donors (Lipinski definition) is 0. The Morgan fingerprint density at radius 1 is 1.73 bits per heavy atom. The first-order valence-electron chi connectivity index (χ1n) is 3.50. The fourth-order valence-corrected chi connectivity index (χ4v) is 2.07. The summed E-state index contributed by atoms with van der Waals surface area (Å²) in [6, 6.07) is 0. The summed E-state index contributed by atoms with van der Waals surface area (Å²) in [5.74, 6) is -0.818. The number of ether oxygens (including phenoxy) is 1. The fraction of sp³-hybridized carbons (Fsp3) is 0.333. The molecule has 0 N–H and O–H groups in total. The van der Waals surface area contributed by atoms with Crippen molar-refractivity contribution in [1.29, 1.82) is 0 Å². The molecule has 82 valence electrons. The van der Waals surface area contributed by atoms with E-state index in [0.29, 0.717) is 11.3 Å². The Kier molecular flexibility index (Phi) is 3.83. The number of esters is 1. The Bertz CT molecular complexity index is 408. The van der Waals surface area contributed by atoms with E-state index in [1.807, 2.05) is 0 Å². The van der Waals surface area contributed by atoms with Gasteiger partial charge >= 0.3 is 11.0 Å². The van der Waals surface area contributed by atoms with E-state index in [4.69, 9.17) is 23.2 Å². The van der Waals surface area contributed by atoms with Crippen LogP contribution in [0.4, 0.5) is 5.00 Å². The van der Waals surface area contributed by atoms with Gasteiger partial charge in [-0.25, -0.2) is 4.98 Å². The van der Waals surface area contributed by atoms with Gasteiger partial charge in [0, 0.05) is 0 Å². The van der Waals surface area contributed by atoms with Gasteiger partial charge in [0.25, 0.3) is 0 Å². The van der Waals surface area contributed by atoms with Crippen molar-refractivity contribution >= 4 is 45.5 Å². The van der Waals surface area contributed by atoms with E-state index in [0.717, 1.165) is 7.11 Å². The van der Waals surface area contributed by atoms with Crippen molar-refractivity contribution in [2.24, 2.45) is 0 Å². The van der Waals surface area contributed by atoms with Gasteiger partial charge < -0.3 is 4.74 Å². The summed E-state index contributed by atoms with van der Waals surface area (Å²) in [4.78, 5) is 24.5. The van der Waals surface area contributed by atoms with E-state index in [9.17, 15) is 14.9 Å². The molecule has 1 unspecified atom stereocenters. The molecule has 0 amide bonds. The van der Waals surface area contributed by atoms with Gasteiger partial charge in [0.1, 0.15) is 0 Å². The Labute approximate surface area is 97.9 Å². The third-order valence-corrected chi connectivity index (χ3v) is 2.93. The highest BCUT2D eigenvalue weighted by atomic mass is 35.5. The molecule has 0 spiro atoms. The lowest BCUT2D eigenvalue weighted by Crippen LogP contribution is -2.10. The maximum Gasteiger partial charge on any atom is 0.350 e. The van der Waals surface area contributed by atoms with Crippen LogP contribution in [0.5, 0.6) is 0 Å². The molecule has 15 heavy (non-hydrogen) atoms. The lowest BCUT2D eigenvalue weighted by atomic mass is 10.3. The van der Waals surface area contributed by atoms with E-state index in [1.165, 1.54) is 0 Å². The molecule has 1 heterocycles. The monoisotopic (exact) mass is 270 g/mol. The molecule has 0 aliphatic carbocycles. The van der Waals surface area contributed by atoms with Crippen LogP contribution in [-0.4, -0.2) is 23.0 Å². The van der Waals surface area contributed by atoms with Crippen molar-refractivity contribution in [2.45, 2.75) is 5.38 Å². The number of nitrogens with zero attached hydrogens (tertiary/aromatic N) is 2. The van der Waals surface area contributed by atoms with Crippen LogP contribution in [-0.2, 0) is 9.53 Å². The summed E-state index contributed by atoms with van der Waals surface area (Å²) in [5, 5.41) is 8.88. The summed E-state index contributed by atoms with van der Waals surface area (Å²) in [6.07, 6.45) is 0. The molecule has 0 saturated carbocycles. The van der Waals surface area contributed by atoms with Crippen LogP contribution >= 0.6 is 34.5 Å². The molecule has 0 aliphatic heterocycles. The molecule has 1 atom stereocenters. The fourth-order valence-electron chi connectivity index (χ4n) is 0.808. The highest BCUT2D eigenvalue weighted by Crippen LogP contribution is 2.36. The zero-order valence-electron chi connectivity index (χ0n) is 7.27. The van der Waals surface area contributed by atoms with E-state index in [1.54, 1.807) is 0 Å². The molecule has 1 rings (SSSR count). The highest BCUT2D eigenvalue weighted by Gasteiger charge is 2.31. The van der Waals surface area contributed by atoms with Gasteiger partial charge in [0.05, 0.1) is 12.0 Å². The van der Waals surface area contributed by atoms with Gasteiger partial charge in [0.2, 0.25) is 0 Å². The van der Waals surface area contributed by atoms with Crippen LogP contribution in [0.15, 0.2) is 0 Å². The molecule has 9 heteroatoms. The van der Waals surface area contributed by atoms with Crippen molar-refractivity contribution in [3.05, 3.63) is 20.3 Å². The topological polar surface area (TPSA) is 82.3 Å². The van der Waals surface area contributed by atoms with E-state index < -0.39 is 16.3 Å². The maximum atomic E-state index is 11.0. The molecule has 0 radical (unpaired) electrons. The molecular formula is C6H4Cl2N2O4S. The highest BCUT2D eigenvalue weighted by molar-refractivity contribution is 7.18. The average molecular weight is 271 g/mol. The smallest absolute Gasteiger partial charge is 0.350 e. The zero-order chi connectivity index (χ0) is 11.6. The van der Waals surface area contributed by atoms with Gasteiger partial charge in [0.15, 0.2) is 15.5 Å². The first kappa shape index (κ1) is 12.2. The second-order valence-corrected chi connectivity index (χ2v) is 4.30. The Hall–Kier alpha value is -0.920. The maximum absolute atomic E-state index is 11.0. The summed E-state index contributed by atoms with van der Waals surface area (Å²) in [6.45, 7) is 0. The number of rotatable bonds is 3. The summed E-state index contributed by atoms with van der Waals surface area (Å²) < 4.78 is 4.29. The standard InChI is InChI=1S/C6H4Cl2N2O4S/c1-14-5(11)2(7)3-4(10(12)13)15-6(8)9-3/h2H,1H3. The molecule has 0 saturated heterocycles. The van der Waals surface area contributed by atoms with Crippen molar-refractivity contribution < 1.29 is 14.5 Å². The van der Waals surface area contributed by atoms with Crippen molar-refractivity contribution in [3.8, 4) is 0 Å². The number of halogens is 2. The SMILES string of the molecule is COC(=O)C(Cl)c1nc(Cl)sc1[N+](=O)[O-]. The second-order valence-electron chi connectivity index (χ2n) is 2.30. The Morgan fingerprint density at radius 2 is 2.33 bits per heavy atom. The van der Waals surface area contributed by atoms with E-state index in [-0.39, 0.29) is 15.2 Å². The molecule has 1 aromatic heterocycles. The Morgan fingerprint density at radius 3 is 2.80 bits per heavy atom. The molecule has 0 fully saturated rings. The Balaban J connectivity index is 3.12. The number of aromatic nitrogens is 1. The van der Waals surface area contributed by atoms with Crippen molar-refractivity contribution in [1.82, 2.24) is 4.98 Å². The number of nitro groups is 1. The first-order chi connectivity index (χ1) is 6.97. The van der Waals surface area contributed by atoms with Gasteiger partial charge in [-0.15, -0.1) is 11.6 Å². The molecule has 0 bridgehead atoms. The molecule has 0 aromatic carbocycles. The lowest BCUT2D eigenvalue weighted by Gasteiger charge is -2.02. The number of methoxy groups -OCH3 is 1. The number of carbonyl (C=O) groups is 1. The van der Waals surface area contributed by atoms with Crippen LogP contribution < -0.4 is 0 Å².